The normalized spacial score (nSPS) is 11.1. The van der Waals surface area contributed by atoms with Gasteiger partial charge in [-0.05, 0) is 0 Å². The van der Waals surface area contributed by atoms with E-state index in [9.17, 15) is 4.79 Å². The fourth-order valence-corrected chi connectivity index (χ4v) is 0.970. The maximum atomic E-state index is 10.5. The predicted octanol–water partition coefficient (Wildman–Crippen LogP) is 1.43. The Kier molecular flexibility index (Phi) is 3.67. The predicted molar refractivity (Wildman–Crippen MR) is 51.4 cm³/mol. The van der Waals surface area contributed by atoms with Crippen molar-refractivity contribution in [2.45, 2.75) is 6.92 Å². The first-order valence-corrected chi connectivity index (χ1v) is 4.13. The highest BCUT2D eigenvalue weighted by molar-refractivity contribution is 6.01. The Bertz CT molecular complexity index is 332. The first-order chi connectivity index (χ1) is 6.74. The van der Waals surface area contributed by atoms with Gasteiger partial charge >= 0.3 is 5.97 Å². The minimum atomic E-state index is -0.401. The fourth-order valence-electron chi connectivity index (χ4n) is 0.970. The van der Waals surface area contributed by atoms with Crippen LogP contribution in [0.5, 0.6) is 0 Å². The molecular formula is C10H11NO3. The van der Waals surface area contributed by atoms with Crippen molar-refractivity contribution < 1.29 is 14.7 Å². The molecule has 1 aromatic rings. The minimum Gasteiger partial charge on any atom is -0.459 e. The van der Waals surface area contributed by atoms with E-state index in [1.165, 1.54) is 6.92 Å². The molecule has 74 valence electrons. The molecule has 0 unspecified atom stereocenters. The maximum absolute atomic E-state index is 10.5. The van der Waals surface area contributed by atoms with E-state index >= 15 is 0 Å². The molecule has 4 nitrogen and oxygen atoms in total. The largest absolute Gasteiger partial charge is 0.459 e. The number of carbonyl (C=O) groups excluding carboxylic acids is 1. The highest BCUT2D eigenvalue weighted by Gasteiger charge is 2.05. The van der Waals surface area contributed by atoms with Crippen LogP contribution in [0.1, 0.15) is 12.5 Å². The first kappa shape index (κ1) is 10.2. The summed E-state index contributed by atoms with van der Waals surface area (Å²) in [5.41, 5.74) is 1.07. The molecule has 0 bridgehead atoms. The lowest BCUT2D eigenvalue weighted by Gasteiger charge is -2.03. The Morgan fingerprint density at radius 2 is 2.07 bits per heavy atom. The quantitative estimate of drug-likeness (QED) is 0.342. The van der Waals surface area contributed by atoms with Crippen LogP contribution in [-0.2, 0) is 9.53 Å². The number of nitrogens with zero attached hydrogens (tertiary/aromatic N) is 1. The number of oxime groups is 1. The van der Waals surface area contributed by atoms with Crippen molar-refractivity contribution in [2.75, 3.05) is 6.61 Å². The Morgan fingerprint density at radius 3 is 2.57 bits per heavy atom. The topological polar surface area (TPSA) is 58.9 Å². The third-order valence-electron chi connectivity index (χ3n) is 1.64. The van der Waals surface area contributed by atoms with E-state index in [1.807, 2.05) is 18.2 Å². The molecule has 0 aliphatic rings. The Balaban J connectivity index is 2.69. The van der Waals surface area contributed by atoms with Gasteiger partial charge in [-0.2, -0.15) is 0 Å². The molecule has 0 radical (unpaired) electrons. The number of carbonyl (C=O) groups is 1. The third-order valence-corrected chi connectivity index (χ3v) is 1.64. The van der Waals surface area contributed by atoms with E-state index in [0.29, 0.717) is 5.71 Å². The molecule has 0 heterocycles. The molecule has 0 saturated carbocycles. The van der Waals surface area contributed by atoms with Crippen LogP contribution in [0, 0.1) is 0 Å². The molecule has 0 spiro atoms. The molecule has 4 heteroatoms. The number of hydrogen-bond acceptors (Lipinski definition) is 4. The summed E-state index contributed by atoms with van der Waals surface area (Å²) in [4.78, 5) is 10.5. The van der Waals surface area contributed by atoms with Crippen molar-refractivity contribution >= 4 is 11.7 Å². The van der Waals surface area contributed by atoms with Crippen LogP contribution < -0.4 is 0 Å². The number of benzene rings is 1. The number of rotatable bonds is 3. The number of esters is 1. The van der Waals surface area contributed by atoms with E-state index in [-0.39, 0.29) is 6.61 Å². The Labute approximate surface area is 81.8 Å². The van der Waals surface area contributed by atoms with Gasteiger partial charge in [-0.1, -0.05) is 35.5 Å². The summed E-state index contributed by atoms with van der Waals surface area (Å²) >= 11 is 0. The van der Waals surface area contributed by atoms with Crippen LogP contribution in [0.3, 0.4) is 0 Å². The molecule has 1 rings (SSSR count). The second-order valence-corrected chi connectivity index (χ2v) is 2.69. The Morgan fingerprint density at radius 1 is 1.43 bits per heavy atom. The van der Waals surface area contributed by atoms with E-state index in [2.05, 4.69) is 5.16 Å². The van der Waals surface area contributed by atoms with Gasteiger partial charge in [-0.25, -0.2) is 0 Å². The van der Waals surface area contributed by atoms with Gasteiger partial charge in [0.25, 0.3) is 0 Å². The lowest BCUT2D eigenvalue weighted by molar-refractivity contribution is -0.139. The minimum absolute atomic E-state index is 0.0180. The maximum Gasteiger partial charge on any atom is 0.303 e. The van der Waals surface area contributed by atoms with E-state index in [1.54, 1.807) is 12.1 Å². The van der Waals surface area contributed by atoms with Crippen molar-refractivity contribution in [1.82, 2.24) is 0 Å². The summed E-state index contributed by atoms with van der Waals surface area (Å²) in [6, 6.07) is 9.03. The summed E-state index contributed by atoms with van der Waals surface area (Å²) < 4.78 is 4.72. The van der Waals surface area contributed by atoms with Gasteiger partial charge in [0.15, 0.2) is 0 Å². The second kappa shape index (κ2) is 5.01. The van der Waals surface area contributed by atoms with Crippen LogP contribution in [0.4, 0.5) is 0 Å². The van der Waals surface area contributed by atoms with Gasteiger partial charge in [0.05, 0.1) is 0 Å². The lowest BCUT2D eigenvalue weighted by Crippen LogP contribution is -2.13. The summed E-state index contributed by atoms with van der Waals surface area (Å²) in [6.45, 7) is 1.29. The average molecular weight is 193 g/mol. The molecule has 0 fully saturated rings. The van der Waals surface area contributed by atoms with Crippen molar-refractivity contribution in [3.63, 3.8) is 0 Å². The number of hydrogen-bond donors (Lipinski definition) is 1. The van der Waals surface area contributed by atoms with Gasteiger partial charge < -0.3 is 9.94 Å². The van der Waals surface area contributed by atoms with Gasteiger partial charge in [-0.15, -0.1) is 0 Å². The molecular weight excluding hydrogens is 182 g/mol. The zero-order chi connectivity index (χ0) is 10.4. The van der Waals surface area contributed by atoms with Crippen molar-refractivity contribution in [3.8, 4) is 0 Å². The molecule has 14 heavy (non-hydrogen) atoms. The van der Waals surface area contributed by atoms with Crippen molar-refractivity contribution in [3.05, 3.63) is 35.9 Å². The first-order valence-electron chi connectivity index (χ1n) is 4.13. The smallest absolute Gasteiger partial charge is 0.303 e. The molecule has 0 saturated heterocycles. The van der Waals surface area contributed by atoms with Crippen LogP contribution in [0.25, 0.3) is 0 Å². The molecule has 1 aromatic carbocycles. The van der Waals surface area contributed by atoms with Gasteiger partial charge in [0, 0.05) is 12.5 Å². The van der Waals surface area contributed by atoms with Crippen LogP contribution in [0.15, 0.2) is 35.5 Å². The van der Waals surface area contributed by atoms with Crippen LogP contribution >= 0.6 is 0 Å². The summed E-state index contributed by atoms with van der Waals surface area (Å²) in [5, 5.41) is 11.8. The Hall–Kier alpha value is -1.84. The van der Waals surface area contributed by atoms with Gasteiger partial charge in [0.2, 0.25) is 0 Å². The zero-order valence-corrected chi connectivity index (χ0v) is 7.80. The molecule has 1 N–H and O–H groups in total. The number of ether oxygens (including phenoxy) is 1. The van der Waals surface area contributed by atoms with Crippen LogP contribution in [0.2, 0.25) is 0 Å². The van der Waals surface area contributed by atoms with Crippen molar-refractivity contribution in [1.29, 1.82) is 0 Å². The average Bonchev–Trinajstić information content (AvgIpc) is 2.20. The summed E-state index contributed by atoms with van der Waals surface area (Å²) in [7, 11) is 0. The highest BCUT2D eigenvalue weighted by Crippen LogP contribution is 2.01. The highest BCUT2D eigenvalue weighted by atomic mass is 16.5. The monoisotopic (exact) mass is 193 g/mol. The third kappa shape index (κ3) is 2.90. The SMILES string of the molecule is CC(=O)OCC(=NO)c1ccccc1. The second-order valence-electron chi connectivity index (χ2n) is 2.69. The molecule has 0 atom stereocenters. The summed E-state index contributed by atoms with van der Waals surface area (Å²) in [6.07, 6.45) is 0. The molecule has 0 aromatic heterocycles. The zero-order valence-electron chi connectivity index (χ0n) is 7.80. The van der Waals surface area contributed by atoms with Crippen LogP contribution in [-0.4, -0.2) is 23.5 Å². The summed E-state index contributed by atoms with van der Waals surface area (Å²) in [5.74, 6) is -0.401. The van der Waals surface area contributed by atoms with E-state index in [4.69, 9.17) is 9.94 Å². The van der Waals surface area contributed by atoms with E-state index in [0.717, 1.165) is 5.56 Å². The molecule has 0 amide bonds. The molecule has 0 aliphatic heterocycles. The fraction of sp³-hybridized carbons (Fsp3) is 0.200. The van der Waals surface area contributed by atoms with Crippen molar-refractivity contribution in [2.24, 2.45) is 5.16 Å². The van der Waals surface area contributed by atoms with Gasteiger partial charge in [-0.3, -0.25) is 4.79 Å². The lowest BCUT2D eigenvalue weighted by atomic mass is 10.1. The standard InChI is InChI=1S/C10H11NO3/c1-8(12)14-7-10(11-13)9-5-3-2-4-6-9/h2-6,13H,7H2,1H3. The van der Waals surface area contributed by atoms with Gasteiger partial charge in [0.1, 0.15) is 12.3 Å². The molecule has 0 aliphatic carbocycles. The van der Waals surface area contributed by atoms with E-state index < -0.39 is 5.97 Å².